The highest BCUT2D eigenvalue weighted by molar-refractivity contribution is 7.90. The molecule has 1 aromatic rings. The number of hydrogen-bond acceptors (Lipinski definition) is 5. The summed E-state index contributed by atoms with van der Waals surface area (Å²) in [5.41, 5.74) is 0.166. The number of hydrogen-bond donors (Lipinski definition) is 0. The molecule has 7 heteroatoms. The van der Waals surface area contributed by atoms with Crippen molar-refractivity contribution in [3.8, 4) is 5.75 Å². The van der Waals surface area contributed by atoms with Gasteiger partial charge in [-0.3, -0.25) is 0 Å². The summed E-state index contributed by atoms with van der Waals surface area (Å²) in [5, 5.41) is 0. The van der Waals surface area contributed by atoms with Crippen molar-refractivity contribution in [2.75, 3.05) is 18.6 Å². The number of rotatable bonds is 5. The van der Waals surface area contributed by atoms with Gasteiger partial charge >= 0.3 is 7.12 Å². The Morgan fingerprint density at radius 3 is 2.00 bits per heavy atom. The molecule has 1 fully saturated rings. The molecule has 0 saturated carbocycles. The van der Waals surface area contributed by atoms with Crippen molar-refractivity contribution >= 4 is 22.4 Å². The van der Waals surface area contributed by atoms with Gasteiger partial charge in [-0.15, -0.1) is 0 Å². The Balaban J connectivity index is 1.98. The third-order valence-corrected chi connectivity index (χ3v) is 5.04. The molecule has 2 rings (SSSR count). The fraction of sp³-hybridized carbons (Fsp3) is 0.600. The minimum Gasteiger partial charge on any atom is -0.493 e. The van der Waals surface area contributed by atoms with Gasteiger partial charge in [0.25, 0.3) is 0 Å². The zero-order chi connectivity index (χ0) is 16.6. The molecule has 0 N–H and O–H groups in total. The van der Waals surface area contributed by atoms with Gasteiger partial charge < -0.3 is 14.0 Å². The fourth-order valence-corrected chi connectivity index (χ4v) is 2.40. The van der Waals surface area contributed by atoms with Crippen molar-refractivity contribution in [3.63, 3.8) is 0 Å². The molecule has 1 saturated heterocycles. The average Bonchev–Trinajstić information content (AvgIpc) is 2.58. The molecular formula is C15H23BO5S. The van der Waals surface area contributed by atoms with Gasteiger partial charge in [0.1, 0.15) is 12.4 Å². The van der Waals surface area contributed by atoms with E-state index in [1.54, 1.807) is 12.1 Å². The van der Waals surface area contributed by atoms with Crippen LogP contribution in [0.15, 0.2) is 24.3 Å². The first-order valence-electron chi connectivity index (χ1n) is 7.26. The van der Waals surface area contributed by atoms with Crippen LogP contribution < -0.4 is 10.2 Å². The van der Waals surface area contributed by atoms with E-state index in [1.807, 2.05) is 39.8 Å². The molecule has 1 aliphatic rings. The third kappa shape index (κ3) is 4.03. The van der Waals surface area contributed by atoms with Crippen molar-refractivity contribution in [2.45, 2.75) is 38.9 Å². The Labute approximate surface area is 133 Å². The summed E-state index contributed by atoms with van der Waals surface area (Å²) in [6.07, 6.45) is 1.19. The maximum absolute atomic E-state index is 11.1. The molecule has 0 aliphatic carbocycles. The van der Waals surface area contributed by atoms with Crippen LogP contribution in [0.25, 0.3) is 0 Å². The zero-order valence-corrected chi connectivity index (χ0v) is 14.6. The van der Waals surface area contributed by atoms with E-state index in [0.29, 0.717) is 5.75 Å². The van der Waals surface area contributed by atoms with Gasteiger partial charge in [-0.2, -0.15) is 0 Å². The molecule has 0 unspecified atom stereocenters. The fourth-order valence-electron chi connectivity index (χ4n) is 2.01. The molecule has 122 valence electrons. The first kappa shape index (κ1) is 17.3. The van der Waals surface area contributed by atoms with Crippen molar-refractivity contribution in [1.82, 2.24) is 0 Å². The van der Waals surface area contributed by atoms with Crippen LogP contribution in [0.3, 0.4) is 0 Å². The van der Waals surface area contributed by atoms with Gasteiger partial charge in [0.05, 0.1) is 17.0 Å². The summed E-state index contributed by atoms with van der Waals surface area (Å²) >= 11 is 0. The van der Waals surface area contributed by atoms with E-state index < -0.39 is 17.0 Å². The number of ether oxygens (including phenoxy) is 1. The molecule has 1 aromatic carbocycles. The van der Waals surface area contributed by atoms with Crippen molar-refractivity contribution in [1.29, 1.82) is 0 Å². The molecule has 0 atom stereocenters. The second-order valence-corrected chi connectivity index (χ2v) is 8.90. The van der Waals surface area contributed by atoms with E-state index in [9.17, 15) is 8.42 Å². The van der Waals surface area contributed by atoms with E-state index in [2.05, 4.69) is 0 Å². The topological polar surface area (TPSA) is 61.8 Å². The SMILES string of the molecule is CC1(C)OB(c2ccc(OCCS(C)(=O)=O)cc2)OC1(C)C. The van der Waals surface area contributed by atoms with Gasteiger partial charge in [0.2, 0.25) is 0 Å². The van der Waals surface area contributed by atoms with E-state index in [4.69, 9.17) is 14.0 Å². The Hall–Kier alpha value is -1.05. The monoisotopic (exact) mass is 326 g/mol. The van der Waals surface area contributed by atoms with Crippen LogP contribution in [0.2, 0.25) is 0 Å². The van der Waals surface area contributed by atoms with Crippen LogP contribution in [0, 0.1) is 0 Å². The summed E-state index contributed by atoms with van der Waals surface area (Å²) < 4.78 is 39.5. The van der Waals surface area contributed by atoms with Gasteiger partial charge in [0.15, 0.2) is 9.84 Å². The maximum Gasteiger partial charge on any atom is 0.494 e. The molecule has 0 spiro atoms. The van der Waals surface area contributed by atoms with Crippen LogP contribution in [-0.4, -0.2) is 45.4 Å². The zero-order valence-electron chi connectivity index (χ0n) is 13.8. The van der Waals surface area contributed by atoms with Crippen LogP contribution >= 0.6 is 0 Å². The predicted molar refractivity (Wildman–Crippen MR) is 87.4 cm³/mol. The van der Waals surface area contributed by atoms with E-state index >= 15 is 0 Å². The Bertz CT molecular complexity index is 606. The van der Waals surface area contributed by atoms with Gasteiger partial charge in [-0.1, -0.05) is 12.1 Å². The summed E-state index contributed by atoms with van der Waals surface area (Å²) in [5.74, 6) is 0.635. The lowest BCUT2D eigenvalue weighted by Crippen LogP contribution is -2.41. The largest absolute Gasteiger partial charge is 0.494 e. The first-order valence-corrected chi connectivity index (χ1v) is 9.32. The lowest BCUT2D eigenvalue weighted by molar-refractivity contribution is 0.00578. The Morgan fingerprint density at radius 1 is 1.05 bits per heavy atom. The minimum atomic E-state index is -3.01. The molecule has 0 aromatic heterocycles. The van der Waals surface area contributed by atoms with Crippen LogP contribution in [0.1, 0.15) is 27.7 Å². The molecule has 1 aliphatic heterocycles. The van der Waals surface area contributed by atoms with Crippen molar-refractivity contribution < 1.29 is 22.5 Å². The quantitative estimate of drug-likeness (QED) is 0.766. The van der Waals surface area contributed by atoms with Crippen LogP contribution in [0.5, 0.6) is 5.75 Å². The number of sulfone groups is 1. The van der Waals surface area contributed by atoms with Gasteiger partial charge in [0, 0.05) is 6.26 Å². The highest BCUT2D eigenvalue weighted by atomic mass is 32.2. The Morgan fingerprint density at radius 2 is 1.55 bits per heavy atom. The number of benzene rings is 1. The minimum absolute atomic E-state index is 0.00593. The molecule has 22 heavy (non-hydrogen) atoms. The molecule has 5 nitrogen and oxygen atoms in total. The standard InChI is InChI=1S/C15H23BO5S/c1-14(2)15(3,4)21-16(20-14)12-6-8-13(9-7-12)19-10-11-22(5,17)18/h6-9H,10-11H2,1-5H3. The molecule has 1 heterocycles. The third-order valence-electron chi connectivity index (χ3n) is 4.13. The average molecular weight is 326 g/mol. The molecule has 0 amide bonds. The smallest absolute Gasteiger partial charge is 0.493 e. The molecular weight excluding hydrogens is 303 g/mol. The summed E-state index contributed by atoms with van der Waals surface area (Å²) in [6, 6.07) is 7.33. The van der Waals surface area contributed by atoms with E-state index in [-0.39, 0.29) is 23.6 Å². The summed E-state index contributed by atoms with van der Waals surface area (Å²) in [7, 11) is -3.41. The summed E-state index contributed by atoms with van der Waals surface area (Å²) in [6.45, 7) is 8.19. The maximum atomic E-state index is 11.1. The Kier molecular flexibility index (Phi) is 4.62. The van der Waals surface area contributed by atoms with Gasteiger partial charge in [-0.05, 0) is 45.3 Å². The van der Waals surface area contributed by atoms with Crippen molar-refractivity contribution in [3.05, 3.63) is 24.3 Å². The molecule has 0 bridgehead atoms. The van der Waals surface area contributed by atoms with Crippen LogP contribution in [0.4, 0.5) is 0 Å². The molecule has 0 radical (unpaired) electrons. The first-order chi connectivity index (χ1) is 10.0. The lowest BCUT2D eigenvalue weighted by atomic mass is 9.79. The highest BCUT2D eigenvalue weighted by Gasteiger charge is 2.51. The summed E-state index contributed by atoms with van der Waals surface area (Å²) in [4.78, 5) is 0. The van der Waals surface area contributed by atoms with E-state index in [1.165, 1.54) is 6.26 Å². The highest BCUT2D eigenvalue weighted by Crippen LogP contribution is 2.36. The van der Waals surface area contributed by atoms with E-state index in [0.717, 1.165) is 5.46 Å². The predicted octanol–water partition coefficient (Wildman–Crippen LogP) is 1.41. The normalized spacial score (nSPS) is 20.1. The van der Waals surface area contributed by atoms with Crippen LogP contribution in [-0.2, 0) is 19.1 Å². The second-order valence-electron chi connectivity index (χ2n) is 6.64. The van der Waals surface area contributed by atoms with Gasteiger partial charge in [-0.25, -0.2) is 8.42 Å². The van der Waals surface area contributed by atoms with Crippen molar-refractivity contribution in [2.24, 2.45) is 0 Å². The lowest BCUT2D eigenvalue weighted by Gasteiger charge is -2.32. The second kappa shape index (κ2) is 5.87.